The van der Waals surface area contributed by atoms with E-state index < -0.39 is 276 Å². The normalized spacial score (nSPS) is 15.0. The van der Waals surface area contributed by atoms with E-state index in [-0.39, 0.29) is 37.5 Å². The van der Waals surface area contributed by atoms with E-state index in [1.54, 1.807) is 20.1 Å². The first-order chi connectivity index (χ1) is 48.9. The summed E-state index contributed by atoms with van der Waals surface area (Å²) in [5, 5.41) is 80.6. The number of nitrogens with zero attached hydrogens (tertiary/aromatic N) is 1. The number of carbonyl (C=O) groups is 19. The Morgan fingerprint density at radius 1 is 0.481 bits per heavy atom. The summed E-state index contributed by atoms with van der Waals surface area (Å²) in [4.78, 5) is 244. The summed E-state index contributed by atoms with van der Waals surface area (Å²) < 4.78 is 5.49. The highest BCUT2D eigenvalue weighted by Crippen LogP contribution is 2.19. The van der Waals surface area contributed by atoms with Crippen LogP contribution in [0.15, 0.2) is 0 Å². The van der Waals surface area contributed by atoms with E-state index in [0.29, 0.717) is 25.8 Å². The van der Waals surface area contributed by atoms with Crippen molar-refractivity contribution < 1.29 is 121 Å². The molecule has 42 nitrogen and oxygen atoms in total. The molecule has 0 aromatic rings. The molecule has 1 aliphatic rings. The Bertz CT molecular complexity index is 3000. The summed E-state index contributed by atoms with van der Waals surface area (Å²) in [6.07, 6.45) is -4.15. The third kappa shape index (κ3) is 39.0. The number of nitrogens with two attached hydrogens (primary N) is 2. The second kappa shape index (κ2) is 49.7. The smallest absolute Gasteiger partial charge is 0.303 e. The molecular formula is C61H101N17O25S. The topological polar surface area (TPSA) is 658 Å². The number of aliphatic carboxylic acids is 5. The highest BCUT2D eigenvalue weighted by atomic mass is 32.2. The van der Waals surface area contributed by atoms with Gasteiger partial charge in [-0.3, -0.25) is 96.4 Å². The first-order valence-electron chi connectivity index (χ1n) is 33.3. The largest absolute Gasteiger partial charge is 0.481 e. The number of hydrogen-bond donors (Lipinski definition) is 21. The van der Waals surface area contributed by atoms with Gasteiger partial charge in [0.15, 0.2) is 0 Å². The number of nitrogens with one attached hydrogen (secondary N) is 14. The number of ether oxygens (including phenoxy) is 1. The standard InChI is InChI=1S/C61H101N17O25S/c1-31(2)26-40(54(96)68-28-44(81)72-41(30-104-6)59(101)69-32(3)51(93)67-27-43(80)71-34(52(94)64-5)10-7-8-22-66-61(62)63)77-60(102)42-11-9-24-78(42)45(82)29-103-25-23-65-53(95)35(12-17-46(83)84)73-56(98)37(14-19-48(87)88)75-58(100)39(16-21-50(91)92)76-57(99)38(15-20-49(89)90)74-55(97)36(70-33(4)79)13-18-47(85)86/h31-32,34-42,61,66H,7-30,62-63H2,1-6H3,(H,64,94)(H,65,95)(H,67,93)(H,68,96)(H,69,101)(H,70,79)(H,71,80)(H,72,81)(H,73,98)(H,74,97)(H,75,100)(H,76,99)(H,77,102)(H,83,84)(H,85,86)(H,87,88)(H,89,90)(H,91,92)/t32-,34+,35+,36+,37+,38+,39+,40-,41?,42?/m0/s1. The molecule has 0 radical (unpaired) electrons. The van der Waals surface area contributed by atoms with Crippen LogP contribution in [0.1, 0.15) is 130 Å². The van der Waals surface area contributed by atoms with Crippen molar-refractivity contribution in [3.05, 3.63) is 0 Å². The molecule has 1 saturated heterocycles. The number of carbonyl (C=O) groups excluding carboxylic acids is 14. The minimum absolute atomic E-state index is 0.0248. The van der Waals surface area contributed by atoms with Crippen molar-refractivity contribution in [3.8, 4) is 0 Å². The zero-order chi connectivity index (χ0) is 78.8. The molecule has 10 atom stereocenters. The second-order valence-electron chi connectivity index (χ2n) is 24.4. The Hall–Kier alpha value is -9.88. The van der Waals surface area contributed by atoms with E-state index in [1.165, 1.54) is 30.6 Å². The van der Waals surface area contributed by atoms with Crippen LogP contribution < -0.4 is 85.9 Å². The minimum atomic E-state index is -1.93. The van der Waals surface area contributed by atoms with E-state index >= 15 is 0 Å². The van der Waals surface area contributed by atoms with Gasteiger partial charge < -0.3 is 116 Å². The molecule has 0 saturated carbocycles. The molecule has 23 N–H and O–H groups in total. The maximum Gasteiger partial charge on any atom is 0.303 e. The summed E-state index contributed by atoms with van der Waals surface area (Å²) in [5.74, 6) is -20.0. The van der Waals surface area contributed by atoms with Gasteiger partial charge in [0.05, 0.1) is 19.7 Å². The second-order valence-corrected chi connectivity index (χ2v) is 25.3. The Kier molecular flexibility index (Phi) is 44.0. The summed E-state index contributed by atoms with van der Waals surface area (Å²) in [6, 6.07) is -14.6. The maximum absolute atomic E-state index is 13.9. The molecule has 0 aromatic carbocycles. The SMILES string of the molecule is CNC(=O)[C@@H](CCCCNC(N)N)NC(=O)CNC(=O)[C@H](C)NC(=O)C(CSC)NC(=O)CNC(=O)[C@H](CC(C)C)NC(=O)C1CCCN1C(=O)COCCNC(=O)[C@@H](CCC(=O)O)NC(=O)[C@@H](CCC(=O)O)NC(=O)[C@@H](CCC(=O)O)NC(=O)[C@@H](CCC(=O)O)NC(=O)[C@@H](CCC(=O)O)NC(C)=O. The average Bonchev–Trinajstić information content (AvgIpc) is 1.64. The minimum Gasteiger partial charge on any atom is -0.481 e. The van der Waals surface area contributed by atoms with Crippen LogP contribution in [-0.2, 0) is 95.8 Å². The van der Waals surface area contributed by atoms with Gasteiger partial charge in [0, 0.05) is 64.9 Å². The summed E-state index contributed by atoms with van der Waals surface area (Å²) in [6.45, 7) is 3.78. The van der Waals surface area contributed by atoms with Crippen LogP contribution in [0.2, 0.25) is 0 Å². The van der Waals surface area contributed by atoms with Crippen molar-refractivity contribution in [1.82, 2.24) is 79.3 Å². The number of thioether (sulfide) groups is 1. The van der Waals surface area contributed by atoms with Crippen LogP contribution in [0.5, 0.6) is 0 Å². The van der Waals surface area contributed by atoms with Gasteiger partial charge in [0.25, 0.3) is 0 Å². The molecule has 0 bridgehead atoms. The fraction of sp³-hybridized carbons (Fsp3) is 0.689. The van der Waals surface area contributed by atoms with Crippen molar-refractivity contribution in [3.63, 3.8) is 0 Å². The summed E-state index contributed by atoms with van der Waals surface area (Å²) in [7, 11) is 1.40. The van der Waals surface area contributed by atoms with Crippen LogP contribution in [-0.4, -0.2) is 275 Å². The Balaban J connectivity index is 3.06. The van der Waals surface area contributed by atoms with Crippen LogP contribution in [0.3, 0.4) is 0 Å². The monoisotopic (exact) mass is 1500 g/mol. The lowest BCUT2D eigenvalue weighted by Gasteiger charge is -2.27. The number of amides is 14. The first-order valence-corrected chi connectivity index (χ1v) is 34.7. The van der Waals surface area contributed by atoms with Crippen LogP contribution in [0, 0.1) is 5.92 Å². The lowest BCUT2D eigenvalue weighted by Crippen LogP contribution is -2.59. The van der Waals surface area contributed by atoms with Crippen LogP contribution in [0.4, 0.5) is 0 Å². The van der Waals surface area contributed by atoms with Crippen LogP contribution >= 0.6 is 11.8 Å². The highest BCUT2D eigenvalue weighted by molar-refractivity contribution is 7.98. The quantitative estimate of drug-likeness (QED) is 0.0199. The van der Waals surface area contributed by atoms with E-state index in [4.69, 9.17) is 21.3 Å². The number of carboxylic acids is 5. The third-order valence-corrected chi connectivity index (χ3v) is 15.9. The number of rotatable bonds is 53. The molecule has 43 heteroatoms. The predicted molar refractivity (Wildman–Crippen MR) is 364 cm³/mol. The maximum atomic E-state index is 13.9. The Labute approximate surface area is 602 Å². The van der Waals surface area contributed by atoms with E-state index in [2.05, 4.69) is 74.4 Å². The summed E-state index contributed by atoms with van der Waals surface area (Å²) >= 11 is 1.17. The van der Waals surface area contributed by atoms with Gasteiger partial charge in [0.1, 0.15) is 73.3 Å². The molecule has 1 heterocycles. The first kappa shape index (κ1) is 92.1. The predicted octanol–water partition coefficient (Wildman–Crippen LogP) is -7.81. The molecule has 14 amide bonds. The number of carboxylic acid groups (broad SMARTS) is 5. The van der Waals surface area contributed by atoms with E-state index in [9.17, 15) is 112 Å². The molecule has 0 aromatic heterocycles. The van der Waals surface area contributed by atoms with Gasteiger partial charge in [0.2, 0.25) is 82.7 Å². The number of unbranched alkanes of at least 4 members (excludes halogenated alkanes) is 1. The highest BCUT2D eigenvalue weighted by Gasteiger charge is 2.38. The van der Waals surface area contributed by atoms with Crippen molar-refractivity contribution in [1.29, 1.82) is 0 Å². The lowest BCUT2D eigenvalue weighted by atomic mass is 10.0. The molecule has 1 rings (SSSR count). The van der Waals surface area contributed by atoms with Gasteiger partial charge in [-0.05, 0) is 96.3 Å². The zero-order valence-corrected chi connectivity index (χ0v) is 59.6. The molecule has 1 fully saturated rings. The molecule has 586 valence electrons. The molecule has 2 unspecified atom stereocenters. The van der Waals surface area contributed by atoms with Crippen molar-refractivity contribution in [2.24, 2.45) is 17.4 Å². The van der Waals surface area contributed by atoms with Crippen molar-refractivity contribution >= 4 is 124 Å². The molecule has 1 aliphatic heterocycles. The molecule has 0 aliphatic carbocycles. The van der Waals surface area contributed by atoms with E-state index in [1.807, 2.05) is 0 Å². The average molecular weight is 1500 g/mol. The number of hydrogen-bond acceptors (Lipinski definition) is 24. The Morgan fingerprint density at radius 3 is 1.32 bits per heavy atom. The third-order valence-electron chi connectivity index (χ3n) is 15.2. The van der Waals surface area contributed by atoms with Crippen molar-refractivity contribution in [2.75, 3.05) is 65.0 Å². The molecular weight excluding hydrogens is 1400 g/mol. The van der Waals surface area contributed by atoms with Gasteiger partial charge in [-0.1, -0.05) is 13.8 Å². The number of likely N-dealkylation sites (tertiary alicyclic amines) is 1. The van der Waals surface area contributed by atoms with Gasteiger partial charge in [-0.2, -0.15) is 11.8 Å². The van der Waals surface area contributed by atoms with Gasteiger partial charge in [-0.25, -0.2) is 0 Å². The Morgan fingerprint density at radius 2 is 0.894 bits per heavy atom. The fourth-order valence-corrected chi connectivity index (χ4v) is 10.5. The van der Waals surface area contributed by atoms with Gasteiger partial charge in [-0.15, -0.1) is 0 Å². The molecule has 0 spiro atoms. The lowest BCUT2D eigenvalue weighted by molar-refractivity contribution is -0.142. The molecule has 104 heavy (non-hydrogen) atoms. The summed E-state index contributed by atoms with van der Waals surface area (Å²) in [5.41, 5.74) is 10.9. The van der Waals surface area contributed by atoms with Crippen LogP contribution in [0.25, 0.3) is 0 Å². The fourth-order valence-electron chi connectivity index (χ4n) is 9.95. The van der Waals surface area contributed by atoms with E-state index in [0.717, 1.165) is 6.92 Å². The zero-order valence-electron chi connectivity index (χ0n) is 58.8. The van der Waals surface area contributed by atoms with Crippen molar-refractivity contribution in [2.45, 2.75) is 197 Å². The van der Waals surface area contributed by atoms with Gasteiger partial charge >= 0.3 is 29.8 Å². The number of likely N-dealkylation sites (N-methyl/N-ethyl adjacent to an activating group) is 1.